The molecule has 164 valence electrons. The van der Waals surface area contributed by atoms with E-state index in [9.17, 15) is 13.2 Å². The van der Waals surface area contributed by atoms with E-state index in [-0.39, 0.29) is 11.5 Å². The molecule has 8 nitrogen and oxygen atoms in total. The number of fused-ring (bicyclic) bond motifs is 1. The largest absolute Gasteiger partial charge is 0.496 e. The van der Waals surface area contributed by atoms with Crippen LogP contribution in [0.25, 0.3) is 22.0 Å². The summed E-state index contributed by atoms with van der Waals surface area (Å²) in [5.74, 6) is 1.02. The molecule has 1 aromatic carbocycles. The highest BCUT2D eigenvalue weighted by molar-refractivity contribution is 7.88. The number of aryl methyl sites for hydroxylation is 1. The number of nitrogens with one attached hydrogen (secondary N) is 2. The lowest BCUT2D eigenvalue weighted by molar-refractivity contribution is 0.406. The summed E-state index contributed by atoms with van der Waals surface area (Å²) in [5, 5.41) is 0.857. The maximum atomic E-state index is 12.4. The third-order valence-electron chi connectivity index (χ3n) is 5.63. The second kappa shape index (κ2) is 8.32. The van der Waals surface area contributed by atoms with Crippen LogP contribution in [0.15, 0.2) is 41.5 Å². The number of aromatic nitrogens is 2. The van der Waals surface area contributed by atoms with Crippen molar-refractivity contribution in [1.82, 2.24) is 14.7 Å². The van der Waals surface area contributed by atoms with Crippen LogP contribution in [0.5, 0.6) is 5.75 Å². The number of nitrogens with zero attached hydrogens (tertiary/aromatic N) is 2. The van der Waals surface area contributed by atoms with Crippen LogP contribution in [-0.2, 0) is 16.4 Å². The Labute approximate surface area is 181 Å². The highest BCUT2D eigenvalue weighted by atomic mass is 32.2. The summed E-state index contributed by atoms with van der Waals surface area (Å²) in [5.41, 5.74) is 3.85. The number of pyridine rings is 2. The predicted octanol–water partition coefficient (Wildman–Crippen LogP) is 2.15. The molecular weight excluding hydrogens is 416 g/mol. The summed E-state index contributed by atoms with van der Waals surface area (Å²) >= 11 is 0. The van der Waals surface area contributed by atoms with E-state index in [1.165, 1.54) is 6.26 Å². The van der Waals surface area contributed by atoms with Gasteiger partial charge in [-0.05, 0) is 36.2 Å². The molecule has 0 amide bonds. The van der Waals surface area contributed by atoms with Gasteiger partial charge >= 0.3 is 0 Å². The van der Waals surface area contributed by atoms with Gasteiger partial charge in [0.15, 0.2) is 0 Å². The molecule has 0 atom stereocenters. The fourth-order valence-corrected chi connectivity index (χ4v) is 4.56. The minimum absolute atomic E-state index is 0.161. The Hall–Kier alpha value is -2.91. The van der Waals surface area contributed by atoms with Crippen LogP contribution in [0.2, 0.25) is 0 Å². The molecule has 0 radical (unpaired) electrons. The van der Waals surface area contributed by atoms with Crippen LogP contribution < -0.4 is 19.9 Å². The molecule has 4 rings (SSSR count). The van der Waals surface area contributed by atoms with Crippen molar-refractivity contribution >= 4 is 26.6 Å². The van der Waals surface area contributed by atoms with Gasteiger partial charge in [0.05, 0.1) is 30.8 Å². The van der Waals surface area contributed by atoms with Crippen LogP contribution in [-0.4, -0.2) is 51.4 Å². The number of sulfonamides is 1. The van der Waals surface area contributed by atoms with Crippen molar-refractivity contribution in [1.29, 1.82) is 0 Å². The fraction of sp³-hybridized carbons (Fsp3) is 0.364. The van der Waals surface area contributed by atoms with Gasteiger partial charge in [-0.3, -0.25) is 9.78 Å². The summed E-state index contributed by atoms with van der Waals surface area (Å²) in [6.07, 6.45) is 5.34. The van der Waals surface area contributed by atoms with Gasteiger partial charge in [-0.15, -0.1) is 0 Å². The van der Waals surface area contributed by atoms with Gasteiger partial charge in [0.2, 0.25) is 10.0 Å². The second-order valence-corrected chi connectivity index (χ2v) is 9.70. The van der Waals surface area contributed by atoms with Crippen LogP contribution in [0.3, 0.4) is 0 Å². The minimum Gasteiger partial charge on any atom is -0.496 e. The Kier molecular flexibility index (Phi) is 5.72. The molecule has 0 saturated carbocycles. The number of H-pyrrole nitrogens is 1. The highest BCUT2D eigenvalue weighted by Gasteiger charge is 2.28. The summed E-state index contributed by atoms with van der Waals surface area (Å²) in [7, 11) is -1.54. The Morgan fingerprint density at radius 1 is 1.29 bits per heavy atom. The van der Waals surface area contributed by atoms with Gasteiger partial charge in [0.25, 0.3) is 5.56 Å². The summed E-state index contributed by atoms with van der Waals surface area (Å²) in [6.45, 7) is 3.97. The molecule has 2 N–H and O–H groups in total. The summed E-state index contributed by atoms with van der Waals surface area (Å²) in [6, 6.07) is 7.62. The van der Waals surface area contributed by atoms with E-state index in [0.29, 0.717) is 17.6 Å². The number of ether oxygens (including phenoxy) is 1. The van der Waals surface area contributed by atoms with E-state index in [4.69, 9.17) is 9.72 Å². The molecular formula is C22H26N4O4S. The van der Waals surface area contributed by atoms with Gasteiger partial charge in [0, 0.05) is 48.3 Å². The van der Waals surface area contributed by atoms with Crippen molar-refractivity contribution in [3.63, 3.8) is 0 Å². The average Bonchev–Trinajstić information content (AvgIpc) is 2.71. The van der Waals surface area contributed by atoms with E-state index in [2.05, 4.69) is 21.5 Å². The first-order valence-electron chi connectivity index (χ1n) is 10.2. The fourth-order valence-electron chi connectivity index (χ4n) is 4.02. The first-order valence-corrected chi connectivity index (χ1v) is 12.1. The van der Waals surface area contributed by atoms with Gasteiger partial charge in [-0.2, -0.15) is 0 Å². The zero-order chi connectivity index (χ0) is 22.2. The smallest absolute Gasteiger partial charge is 0.255 e. The van der Waals surface area contributed by atoms with Gasteiger partial charge in [-0.1, -0.05) is 6.92 Å². The van der Waals surface area contributed by atoms with Crippen molar-refractivity contribution in [3.05, 3.63) is 52.6 Å². The Morgan fingerprint density at radius 3 is 2.71 bits per heavy atom. The number of anilines is 1. The standard InChI is InChI=1S/C22H26N4O4S/c1-4-15-8-18(17-6-5-7-23-22(17)27)20-19(21(15)30-2)9-16(11-24-20)26-12-14(13-26)10-25-31(3,28)29/h5-9,11,14,25H,4,10,12-13H2,1-3H3,(H,23,27). The normalized spacial score (nSPS) is 14.6. The molecule has 1 aliphatic rings. The van der Waals surface area contributed by atoms with E-state index in [1.807, 2.05) is 12.1 Å². The molecule has 3 heterocycles. The van der Waals surface area contributed by atoms with Crippen molar-refractivity contribution in [2.75, 3.05) is 37.9 Å². The minimum atomic E-state index is -3.18. The molecule has 0 aliphatic carbocycles. The third kappa shape index (κ3) is 4.28. The maximum Gasteiger partial charge on any atom is 0.255 e. The molecule has 1 saturated heterocycles. The molecule has 2 aromatic heterocycles. The van der Waals surface area contributed by atoms with E-state index < -0.39 is 10.0 Å². The van der Waals surface area contributed by atoms with Crippen LogP contribution in [0.1, 0.15) is 12.5 Å². The van der Waals surface area contributed by atoms with Gasteiger partial charge in [-0.25, -0.2) is 13.1 Å². The number of methoxy groups -OCH3 is 1. The van der Waals surface area contributed by atoms with Crippen LogP contribution in [0.4, 0.5) is 5.69 Å². The Balaban J connectivity index is 1.72. The zero-order valence-electron chi connectivity index (χ0n) is 17.8. The molecule has 9 heteroatoms. The van der Waals surface area contributed by atoms with E-state index >= 15 is 0 Å². The summed E-state index contributed by atoms with van der Waals surface area (Å²) in [4.78, 5) is 22.0. The number of benzene rings is 1. The van der Waals surface area contributed by atoms with Crippen molar-refractivity contribution in [2.45, 2.75) is 13.3 Å². The van der Waals surface area contributed by atoms with Crippen LogP contribution >= 0.6 is 0 Å². The van der Waals surface area contributed by atoms with Crippen molar-refractivity contribution in [3.8, 4) is 16.9 Å². The number of hydrogen-bond acceptors (Lipinski definition) is 6. The molecule has 0 unspecified atom stereocenters. The topological polar surface area (TPSA) is 104 Å². The van der Waals surface area contributed by atoms with E-state index in [0.717, 1.165) is 47.5 Å². The van der Waals surface area contributed by atoms with Crippen molar-refractivity contribution < 1.29 is 13.2 Å². The van der Waals surface area contributed by atoms with Gasteiger partial charge < -0.3 is 14.6 Å². The Bertz CT molecular complexity index is 1280. The van der Waals surface area contributed by atoms with Gasteiger partial charge in [0.1, 0.15) is 5.75 Å². The molecule has 1 fully saturated rings. The third-order valence-corrected chi connectivity index (χ3v) is 6.32. The monoisotopic (exact) mass is 442 g/mol. The van der Waals surface area contributed by atoms with Crippen molar-refractivity contribution in [2.24, 2.45) is 5.92 Å². The van der Waals surface area contributed by atoms with E-state index in [1.54, 1.807) is 31.6 Å². The molecule has 0 spiro atoms. The molecule has 31 heavy (non-hydrogen) atoms. The quantitative estimate of drug-likeness (QED) is 0.581. The average molecular weight is 443 g/mol. The maximum absolute atomic E-state index is 12.4. The molecule has 0 bridgehead atoms. The second-order valence-electron chi connectivity index (χ2n) is 7.86. The summed E-state index contributed by atoms with van der Waals surface area (Å²) < 4.78 is 30.9. The predicted molar refractivity (Wildman–Crippen MR) is 122 cm³/mol. The first-order chi connectivity index (χ1) is 14.8. The molecule has 3 aromatic rings. The zero-order valence-corrected chi connectivity index (χ0v) is 18.6. The Morgan fingerprint density at radius 2 is 2.06 bits per heavy atom. The highest BCUT2D eigenvalue weighted by Crippen LogP contribution is 2.38. The lowest BCUT2D eigenvalue weighted by Crippen LogP contribution is -2.51. The number of hydrogen-bond donors (Lipinski definition) is 2. The van der Waals surface area contributed by atoms with Crippen LogP contribution in [0, 0.1) is 5.92 Å². The first kappa shape index (κ1) is 21.3. The lowest BCUT2D eigenvalue weighted by atomic mass is 9.96. The number of aromatic amines is 1. The SMILES string of the molecule is CCc1cc(-c2ccc[nH]c2=O)c2ncc(N3CC(CNS(C)(=O)=O)C3)cc2c1OC. The number of rotatable bonds is 7. The lowest BCUT2D eigenvalue weighted by Gasteiger charge is -2.41. The molecule has 1 aliphatic heterocycles.